The molecular formula is C14H19ClN2. The molecule has 0 spiro atoms. The van der Waals surface area contributed by atoms with E-state index in [1.54, 1.807) is 12.1 Å². The third kappa shape index (κ3) is 5.10. The zero-order valence-corrected chi connectivity index (χ0v) is 11.1. The van der Waals surface area contributed by atoms with E-state index in [-0.39, 0.29) is 0 Å². The van der Waals surface area contributed by atoms with Crippen LogP contribution >= 0.6 is 11.6 Å². The molecule has 0 aromatic heterocycles. The van der Waals surface area contributed by atoms with E-state index >= 15 is 0 Å². The molecule has 0 amide bonds. The molecule has 1 aromatic carbocycles. The predicted molar refractivity (Wildman–Crippen MR) is 73.4 cm³/mol. The van der Waals surface area contributed by atoms with Gasteiger partial charge in [-0.1, -0.05) is 44.2 Å². The minimum atomic E-state index is 0.515. The highest BCUT2D eigenvalue weighted by atomic mass is 35.5. The number of benzene rings is 1. The number of nitriles is 1. The molecule has 17 heavy (non-hydrogen) atoms. The molecule has 0 saturated carbocycles. The normalized spacial score (nSPS) is 9.94. The molecule has 0 aliphatic heterocycles. The fourth-order valence-corrected chi connectivity index (χ4v) is 1.84. The van der Waals surface area contributed by atoms with Gasteiger partial charge in [-0.2, -0.15) is 5.26 Å². The summed E-state index contributed by atoms with van der Waals surface area (Å²) >= 11 is 5.86. The Labute approximate surface area is 109 Å². The quantitative estimate of drug-likeness (QED) is 0.719. The Kier molecular flexibility index (Phi) is 6.50. The molecule has 0 bridgehead atoms. The van der Waals surface area contributed by atoms with Crippen molar-refractivity contribution >= 4 is 17.3 Å². The van der Waals surface area contributed by atoms with Crippen LogP contribution < -0.4 is 5.32 Å². The number of hydrogen-bond acceptors (Lipinski definition) is 2. The number of halogens is 1. The van der Waals surface area contributed by atoms with E-state index in [9.17, 15) is 0 Å². The van der Waals surface area contributed by atoms with Crippen molar-refractivity contribution in [3.63, 3.8) is 0 Å². The van der Waals surface area contributed by atoms with Crippen molar-refractivity contribution in [2.45, 2.75) is 39.0 Å². The van der Waals surface area contributed by atoms with Crippen LogP contribution in [0, 0.1) is 11.3 Å². The van der Waals surface area contributed by atoms with Gasteiger partial charge in [0.2, 0.25) is 0 Å². The second-order valence-corrected chi connectivity index (χ2v) is 4.55. The molecule has 0 saturated heterocycles. The first-order valence-electron chi connectivity index (χ1n) is 6.21. The van der Waals surface area contributed by atoms with Crippen LogP contribution in [-0.4, -0.2) is 6.54 Å². The zero-order valence-electron chi connectivity index (χ0n) is 10.3. The van der Waals surface area contributed by atoms with Gasteiger partial charge in [0.05, 0.1) is 10.6 Å². The van der Waals surface area contributed by atoms with Gasteiger partial charge in [-0.15, -0.1) is 0 Å². The number of hydrogen-bond donors (Lipinski definition) is 1. The van der Waals surface area contributed by atoms with Gasteiger partial charge < -0.3 is 5.32 Å². The molecular weight excluding hydrogens is 232 g/mol. The molecule has 0 radical (unpaired) electrons. The SMILES string of the molecule is CCCCCCCNc1ccc(Cl)c(C#N)c1. The molecule has 0 heterocycles. The number of rotatable bonds is 7. The van der Waals surface area contributed by atoms with E-state index in [0.29, 0.717) is 10.6 Å². The minimum absolute atomic E-state index is 0.515. The maximum atomic E-state index is 8.85. The van der Waals surface area contributed by atoms with Gasteiger partial charge in [0.15, 0.2) is 0 Å². The largest absolute Gasteiger partial charge is 0.385 e. The maximum Gasteiger partial charge on any atom is 0.101 e. The molecule has 92 valence electrons. The Morgan fingerprint density at radius 1 is 1.24 bits per heavy atom. The smallest absolute Gasteiger partial charge is 0.101 e. The Bertz CT molecular complexity index is 382. The van der Waals surface area contributed by atoms with E-state index in [1.807, 2.05) is 6.07 Å². The Hall–Kier alpha value is -1.20. The van der Waals surface area contributed by atoms with E-state index in [1.165, 1.54) is 32.1 Å². The van der Waals surface area contributed by atoms with Crippen LogP contribution in [0.5, 0.6) is 0 Å². The lowest BCUT2D eigenvalue weighted by molar-refractivity contribution is 0.645. The van der Waals surface area contributed by atoms with Crippen LogP contribution in [0.2, 0.25) is 5.02 Å². The Balaban J connectivity index is 2.30. The van der Waals surface area contributed by atoms with Gasteiger partial charge >= 0.3 is 0 Å². The summed E-state index contributed by atoms with van der Waals surface area (Å²) in [6.45, 7) is 3.17. The van der Waals surface area contributed by atoms with Crippen LogP contribution in [0.25, 0.3) is 0 Å². The molecule has 3 heteroatoms. The highest BCUT2D eigenvalue weighted by molar-refractivity contribution is 6.31. The summed E-state index contributed by atoms with van der Waals surface area (Å²) in [5, 5.41) is 12.7. The average Bonchev–Trinajstić information content (AvgIpc) is 2.35. The maximum absolute atomic E-state index is 8.85. The van der Waals surface area contributed by atoms with Crippen LogP contribution in [0.4, 0.5) is 5.69 Å². The fraction of sp³-hybridized carbons (Fsp3) is 0.500. The molecule has 0 aliphatic carbocycles. The lowest BCUT2D eigenvalue weighted by atomic mass is 10.1. The summed E-state index contributed by atoms with van der Waals surface area (Å²) in [5.41, 5.74) is 1.50. The van der Waals surface area contributed by atoms with Gasteiger partial charge in [0.25, 0.3) is 0 Å². The molecule has 0 aliphatic rings. The number of nitrogens with one attached hydrogen (secondary N) is 1. The van der Waals surface area contributed by atoms with Crippen LogP contribution in [0.1, 0.15) is 44.6 Å². The molecule has 0 atom stereocenters. The summed E-state index contributed by atoms with van der Waals surface area (Å²) in [5.74, 6) is 0. The van der Waals surface area contributed by atoms with Gasteiger partial charge in [-0.05, 0) is 24.6 Å². The van der Waals surface area contributed by atoms with Crippen molar-refractivity contribution in [3.05, 3.63) is 28.8 Å². The molecule has 1 N–H and O–H groups in total. The molecule has 0 unspecified atom stereocenters. The number of anilines is 1. The molecule has 2 nitrogen and oxygen atoms in total. The molecule has 1 rings (SSSR count). The Morgan fingerprint density at radius 3 is 2.71 bits per heavy atom. The first-order valence-corrected chi connectivity index (χ1v) is 6.59. The van der Waals surface area contributed by atoms with Crippen molar-refractivity contribution in [3.8, 4) is 6.07 Å². The number of unbranched alkanes of at least 4 members (excludes halogenated alkanes) is 4. The molecule has 1 aromatic rings. The summed E-state index contributed by atoms with van der Waals surface area (Å²) < 4.78 is 0. The summed E-state index contributed by atoms with van der Waals surface area (Å²) in [6.07, 6.45) is 6.34. The fourth-order valence-electron chi connectivity index (χ4n) is 1.68. The first kappa shape index (κ1) is 13.9. The lowest BCUT2D eigenvalue weighted by Crippen LogP contribution is -2.01. The summed E-state index contributed by atoms with van der Waals surface area (Å²) in [4.78, 5) is 0. The van der Waals surface area contributed by atoms with Crippen molar-refractivity contribution < 1.29 is 0 Å². The first-order chi connectivity index (χ1) is 8.27. The second kappa shape index (κ2) is 7.97. The second-order valence-electron chi connectivity index (χ2n) is 4.15. The van der Waals surface area contributed by atoms with Crippen molar-refractivity contribution in [1.29, 1.82) is 5.26 Å². The highest BCUT2D eigenvalue weighted by Crippen LogP contribution is 2.19. The minimum Gasteiger partial charge on any atom is -0.385 e. The lowest BCUT2D eigenvalue weighted by Gasteiger charge is -2.07. The third-order valence-electron chi connectivity index (χ3n) is 2.70. The van der Waals surface area contributed by atoms with Gasteiger partial charge in [0.1, 0.15) is 6.07 Å². The third-order valence-corrected chi connectivity index (χ3v) is 3.03. The Morgan fingerprint density at radius 2 is 2.00 bits per heavy atom. The van der Waals surface area contributed by atoms with E-state index in [4.69, 9.17) is 16.9 Å². The highest BCUT2D eigenvalue weighted by Gasteiger charge is 2.00. The molecule has 0 fully saturated rings. The van der Waals surface area contributed by atoms with Gasteiger partial charge in [-0.3, -0.25) is 0 Å². The topological polar surface area (TPSA) is 35.8 Å². The van der Waals surface area contributed by atoms with Crippen molar-refractivity contribution in [2.75, 3.05) is 11.9 Å². The van der Waals surface area contributed by atoms with Crippen molar-refractivity contribution in [2.24, 2.45) is 0 Å². The van der Waals surface area contributed by atoms with Gasteiger partial charge in [-0.25, -0.2) is 0 Å². The summed E-state index contributed by atoms with van der Waals surface area (Å²) in [6, 6.07) is 7.56. The van der Waals surface area contributed by atoms with Gasteiger partial charge in [0, 0.05) is 12.2 Å². The van der Waals surface area contributed by atoms with Crippen molar-refractivity contribution in [1.82, 2.24) is 0 Å². The summed E-state index contributed by atoms with van der Waals surface area (Å²) in [7, 11) is 0. The zero-order chi connectivity index (χ0) is 12.5. The van der Waals surface area contributed by atoms with Crippen LogP contribution in [-0.2, 0) is 0 Å². The van der Waals surface area contributed by atoms with E-state index in [2.05, 4.69) is 18.3 Å². The number of nitrogens with zero attached hydrogens (tertiary/aromatic N) is 1. The van der Waals surface area contributed by atoms with E-state index in [0.717, 1.165) is 12.2 Å². The average molecular weight is 251 g/mol. The monoisotopic (exact) mass is 250 g/mol. The van der Waals surface area contributed by atoms with Crippen LogP contribution in [0.15, 0.2) is 18.2 Å². The van der Waals surface area contributed by atoms with Crippen LogP contribution in [0.3, 0.4) is 0 Å². The predicted octanol–water partition coefficient (Wildman–Crippen LogP) is 4.59. The van der Waals surface area contributed by atoms with E-state index < -0.39 is 0 Å². The standard InChI is InChI=1S/C14H19ClN2/c1-2-3-4-5-6-9-17-13-7-8-14(15)12(10-13)11-16/h7-8,10,17H,2-6,9H2,1H3.